The van der Waals surface area contributed by atoms with Crippen molar-refractivity contribution in [2.45, 2.75) is 39.5 Å². The molecule has 0 spiro atoms. The number of hydrogen-bond donors (Lipinski definition) is 1. The van der Waals surface area contributed by atoms with Gasteiger partial charge < -0.3 is 4.74 Å². The Bertz CT molecular complexity index is 301. The van der Waals surface area contributed by atoms with E-state index in [0.29, 0.717) is 12.5 Å². The van der Waals surface area contributed by atoms with Gasteiger partial charge in [0.1, 0.15) is 0 Å². The van der Waals surface area contributed by atoms with Crippen LogP contribution in [-0.2, 0) is 4.74 Å². The smallest absolute Gasteiger partial charge is 0.427 e. The number of carbonyl (C=O) groups is 1. The minimum absolute atomic E-state index is 0.383. The number of nitrogens with zero attached hydrogens (tertiary/aromatic N) is 1. The lowest BCUT2D eigenvalue weighted by Gasteiger charge is -2.21. The van der Waals surface area contributed by atoms with Gasteiger partial charge in [-0.3, -0.25) is 0 Å². The molecule has 1 N–H and O–H groups in total. The number of amides is 1. The third-order valence-electron chi connectivity index (χ3n) is 3.87. The highest BCUT2D eigenvalue weighted by Crippen LogP contribution is 2.48. The first kappa shape index (κ1) is 11.4. The molecule has 0 aromatic heterocycles. The molecular formula is C12H20N2O2. The van der Waals surface area contributed by atoms with Gasteiger partial charge in [-0.2, -0.15) is 5.10 Å². The maximum absolute atomic E-state index is 11.1. The number of hydrogen-bond acceptors (Lipinski definition) is 3. The van der Waals surface area contributed by atoms with E-state index in [1.54, 1.807) is 6.92 Å². The molecule has 2 bridgehead atoms. The molecule has 2 aliphatic rings. The monoisotopic (exact) mass is 224 g/mol. The van der Waals surface area contributed by atoms with E-state index in [9.17, 15) is 4.79 Å². The van der Waals surface area contributed by atoms with E-state index in [1.165, 1.54) is 25.7 Å². The van der Waals surface area contributed by atoms with Gasteiger partial charge in [-0.05, 0) is 44.9 Å². The van der Waals surface area contributed by atoms with Crippen molar-refractivity contribution in [2.24, 2.45) is 22.9 Å². The second-order valence-electron chi connectivity index (χ2n) is 4.87. The van der Waals surface area contributed by atoms with Gasteiger partial charge in [-0.15, -0.1) is 0 Å². The van der Waals surface area contributed by atoms with Crippen molar-refractivity contribution in [3.05, 3.63) is 0 Å². The zero-order valence-corrected chi connectivity index (χ0v) is 10.0. The highest BCUT2D eigenvalue weighted by atomic mass is 16.5. The first-order valence-corrected chi connectivity index (χ1v) is 6.17. The summed E-state index contributed by atoms with van der Waals surface area (Å²) >= 11 is 0. The van der Waals surface area contributed by atoms with Crippen molar-refractivity contribution in [3.63, 3.8) is 0 Å². The van der Waals surface area contributed by atoms with Crippen LogP contribution in [0.4, 0.5) is 4.79 Å². The maximum atomic E-state index is 11.1. The Morgan fingerprint density at radius 2 is 2.25 bits per heavy atom. The van der Waals surface area contributed by atoms with Crippen LogP contribution >= 0.6 is 0 Å². The fraction of sp³-hybridized carbons (Fsp3) is 0.833. The van der Waals surface area contributed by atoms with Gasteiger partial charge in [-0.25, -0.2) is 10.2 Å². The van der Waals surface area contributed by atoms with Gasteiger partial charge in [0, 0.05) is 11.6 Å². The average Bonchev–Trinajstić information content (AvgIpc) is 2.88. The van der Waals surface area contributed by atoms with Crippen LogP contribution in [0.25, 0.3) is 0 Å². The summed E-state index contributed by atoms with van der Waals surface area (Å²) in [5.41, 5.74) is 3.50. The lowest BCUT2D eigenvalue weighted by molar-refractivity contribution is 0.152. The second-order valence-corrected chi connectivity index (χ2v) is 4.87. The lowest BCUT2D eigenvalue weighted by Crippen LogP contribution is -2.25. The first-order valence-electron chi connectivity index (χ1n) is 6.17. The van der Waals surface area contributed by atoms with Crippen molar-refractivity contribution in [1.82, 2.24) is 5.43 Å². The molecule has 0 radical (unpaired) electrons. The number of fused-ring (bicyclic) bond motifs is 2. The van der Waals surface area contributed by atoms with E-state index in [2.05, 4.69) is 10.5 Å². The van der Waals surface area contributed by atoms with Crippen LogP contribution in [0.15, 0.2) is 5.10 Å². The predicted molar refractivity (Wildman–Crippen MR) is 62.2 cm³/mol. The molecule has 0 aromatic rings. The molecule has 0 unspecified atom stereocenters. The summed E-state index contributed by atoms with van der Waals surface area (Å²) in [6, 6.07) is 0. The predicted octanol–water partition coefficient (Wildman–Crippen LogP) is 2.54. The molecule has 2 saturated carbocycles. The molecule has 4 heteroatoms. The van der Waals surface area contributed by atoms with Gasteiger partial charge in [-0.1, -0.05) is 6.42 Å². The van der Waals surface area contributed by atoms with Crippen LogP contribution in [0.5, 0.6) is 0 Å². The van der Waals surface area contributed by atoms with Crippen LogP contribution in [0.3, 0.4) is 0 Å². The zero-order valence-electron chi connectivity index (χ0n) is 10.0. The SMILES string of the molecule is CCOC(=O)N/N=C(\C)[C@@H]1C[C@H]2CC[C@@H]1C2. The molecule has 16 heavy (non-hydrogen) atoms. The van der Waals surface area contributed by atoms with Crippen LogP contribution in [0.2, 0.25) is 0 Å². The molecule has 4 nitrogen and oxygen atoms in total. The highest BCUT2D eigenvalue weighted by Gasteiger charge is 2.40. The Kier molecular flexibility index (Phi) is 3.46. The lowest BCUT2D eigenvalue weighted by atomic mass is 9.86. The summed E-state index contributed by atoms with van der Waals surface area (Å²) in [7, 11) is 0. The van der Waals surface area contributed by atoms with E-state index in [1.807, 2.05) is 6.92 Å². The van der Waals surface area contributed by atoms with Crippen molar-refractivity contribution in [3.8, 4) is 0 Å². The fourth-order valence-corrected chi connectivity index (χ4v) is 3.14. The summed E-state index contributed by atoms with van der Waals surface area (Å²) in [5, 5.41) is 4.14. The Hall–Kier alpha value is -1.06. The van der Waals surface area contributed by atoms with Gasteiger partial charge >= 0.3 is 6.09 Å². The molecule has 0 aromatic carbocycles. The van der Waals surface area contributed by atoms with E-state index < -0.39 is 6.09 Å². The minimum atomic E-state index is -0.454. The summed E-state index contributed by atoms with van der Waals surface area (Å²) in [5.74, 6) is 2.29. The van der Waals surface area contributed by atoms with Crippen molar-refractivity contribution in [1.29, 1.82) is 0 Å². The van der Waals surface area contributed by atoms with E-state index in [4.69, 9.17) is 4.74 Å². The Morgan fingerprint density at radius 1 is 1.44 bits per heavy atom. The van der Waals surface area contributed by atoms with Gasteiger partial charge in [0.05, 0.1) is 6.61 Å². The molecule has 2 rings (SSSR count). The van der Waals surface area contributed by atoms with Crippen LogP contribution in [0, 0.1) is 17.8 Å². The summed E-state index contributed by atoms with van der Waals surface area (Å²) in [6.07, 6.45) is 4.88. The number of ether oxygens (including phenoxy) is 1. The molecule has 0 aliphatic heterocycles. The van der Waals surface area contributed by atoms with Gasteiger partial charge in [0.2, 0.25) is 0 Å². The number of carbonyl (C=O) groups excluding carboxylic acids is 1. The van der Waals surface area contributed by atoms with E-state index in [0.717, 1.165) is 17.5 Å². The molecule has 0 saturated heterocycles. The standard InChI is InChI=1S/C12H20N2O2/c1-3-16-12(15)14-13-8(2)11-7-9-4-5-10(11)6-9/h9-11H,3-7H2,1-2H3,(H,14,15)/b13-8+/t9-,10+,11-/m0/s1. The van der Waals surface area contributed by atoms with Gasteiger partial charge in [0.25, 0.3) is 0 Å². The van der Waals surface area contributed by atoms with Crippen LogP contribution < -0.4 is 5.43 Å². The summed E-state index contributed by atoms with van der Waals surface area (Å²) in [4.78, 5) is 11.1. The maximum Gasteiger partial charge on any atom is 0.427 e. The molecule has 3 atom stereocenters. The second kappa shape index (κ2) is 4.85. The third kappa shape index (κ3) is 2.36. The van der Waals surface area contributed by atoms with Crippen LogP contribution in [-0.4, -0.2) is 18.4 Å². The summed E-state index contributed by atoms with van der Waals surface area (Å²) in [6.45, 7) is 4.18. The number of nitrogens with one attached hydrogen (secondary N) is 1. The molecular weight excluding hydrogens is 204 g/mol. The van der Waals surface area contributed by atoms with Gasteiger partial charge in [0.15, 0.2) is 0 Å². The number of hydrazone groups is 1. The van der Waals surface area contributed by atoms with E-state index >= 15 is 0 Å². The Balaban J connectivity index is 1.85. The summed E-state index contributed by atoms with van der Waals surface area (Å²) < 4.78 is 4.76. The first-order chi connectivity index (χ1) is 7.70. The van der Waals surface area contributed by atoms with Crippen molar-refractivity contribution >= 4 is 11.8 Å². The quantitative estimate of drug-likeness (QED) is 0.591. The fourth-order valence-electron chi connectivity index (χ4n) is 3.14. The largest absolute Gasteiger partial charge is 0.449 e. The Labute approximate surface area is 96.4 Å². The van der Waals surface area contributed by atoms with Crippen LogP contribution in [0.1, 0.15) is 39.5 Å². The third-order valence-corrected chi connectivity index (χ3v) is 3.87. The molecule has 2 fully saturated rings. The zero-order chi connectivity index (χ0) is 11.5. The Morgan fingerprint density at radius 3 is 2.81 bits per heavy atom. The molecule has 0 heterocycles. The van der Waals surface area contributed by atoms with E-state index in [-0.39, 0.29) is 0 Å². The molecule has 90 valence electrons. The average molecular weight is 224 g/mol. The van der Waals surface area contributed by atoms with Crippen molar-refractivity contribution < 1.29 is 9.53 Å². The van der Waals surface area contributed by atoms with Crippen molar-refractivity contribution in [2.75, 3.05) is 6.61 Å². The number of rotatable bonds is 3. The highest BCUT2D eigenvalue weighted by molar-refractivity contribution is 5.86. The molecule has 1 amide bonds. The minimum Gasteiger partial charge on any atom is -0.449 e. The molecule has 2 aliphatic carbocycles. The topological polar surface area (TPSA) is 50.7 Å². The normalized spacial score (nSPS) is 32.9.